The molecule has 1 atom stereocenters. The van der Waals surface area contributed by atoms with Crippen molar-refractivity contribution in [1.29, 1.82) is 0 Å². The highest BCUT2D eigenvalue weighted by molar-refractivity contribution is 5.80. The van der Waals surface area contributed by atoms with Gasteiger partial charge in [-0.2, -0.15) is 0 Å². The predicted octanol–water partition coefficient (Wildman–Crippen LogP) is 1.93. The molecule has 1 heterocycles. The van der Waals surface area contributed by atoms with Crippen molar-refractivity contribution in [3.05, 3.63) is 0 Å². The number of nitrogens with one attached hydrogen (secondary N) is 1. The summed E-state index contributed by atoms with van der Waals surface area (Å²) in [6, 6.07) is 0.648. The predicted molar refractivity (Wildman–Crippen MR) is 76.1 cm³/mol. The third-order valence-electron chi connectivity index (χ3n) is 4.33. The largest absolute Gasteiger partial charge is 0.365 e. The molecular formula is C15H28N2O2. The second-order valence-electron chi connectivity index (χ2n) is 5.84. The molecule has 0 radical (unpaired) electrons. The van der Waals surface area contributed by atoms with Crippen LogP contribution in [0.3, 0.4) is 0 Å². The van der Waals surface area contributed by atoms with E-state index >= 15 is 0 Å². The van der Waals surface area contributed by atoms with E-state index in [0.717, 1.165) is 45.3 Å². The van der Waals surface area contributed by atoms with Gasteiger partial charge < -0.3 is 15.0 Å². The van der Waals surface area contributed by atoms with Crippen molar-refractivity contribution in [2.75, 3.05) is 19.6 Å². The summed E-state index contributed by atoms with van der Waals surface area (Å²) in [7, 11) is 0. The van der Waals surface area contributed by atoms with Crippen LogP contribution in [0.2, 0.25) is 0 Å². The summed E-state index contributed by atoms with van der Waals surface area (Å²) in [6.07, 6.45) is 6.80. The number of rotatable bonds is 5. The van der Waals surface area contributed by atoms with E-state index in [1.54, 1.807) is 0 Å². The quantitative estimate of drug-likeness (QED) is 0.828. The molecule has 1 aliphatic carbocycles. The van der Waals surface area contributed by atoms with Crippen molar-refractivity contribution in [3.63, 3.8) is 0 Å². The third kappa shape index (κ3) is 4.18. The van der Waals surface area contributed by atoms with E-state index in [0.29, 0.717) is 6.04 Å². The summed E-state index contributed by atoms with van der Waals surface area (Å²) < 4.78 is 5.97. The highest BCUT2D eigenvalue weighted by Crippen LogP contribution is 2.23. The van der Waals surface area contributed by atoms with Crippen molar-refractivity contribution >= 4 is 5.91 Å². The Bertz CT molecular complexity index is 282. The van der Waals surface area contributed by atoms with Crippen LogP contribution < -0.4 is 5.32 Å². The molecule has 19 heavy (non-hydrogen) atoms. The molecule has 2 aliphatic rings. The highest BCUT2D eigenvalue weighted by Gasteiger charge is 2.28. The van der Waals surface area contributed by atoms with Gasteiger partial charge in [0.15, 0.2) is 0 Å². The molecule has 1 unspecified atom stereocenters. The monoisotopic (exact) mass is 268 g/mol. The molecule has 110 valence electrons. The number of carbonyl (C=O) groups excluding carboxylic acids is 1. The Hall–Kier alpha value is -0.610. The molecular weight excluding hydrogens is 240 g/mol. The molecule has 0 aromatic carbocycles. The molecule has 4 heteroatoms. The fraction of sp³-hybridized carbons (Fsp3) is 0.933. The smallest absolute Gasteiger partial charge is 0.251 e. The molecule has 0 bridgehead atoms. The van der Waals surface area contributed by atoms with Gasteiger partial charge in [0.2, 0.25) is 0 Å². The number of hydrogen-bond donors (Lipinski definition) is 1. The second kappa shape index (κ2) is 7.25. The van der Waals surface area contributed by atoms with Crippen LogP contribution in [-0.2, 0) is 9.53 Å². The summed E-state index contributed by atoms with van der Waals surface area (Å²) >= 11 is 0. The van der Waals surface area contributed by atoms with Crippen LogP contribution in [0.15, 0.2) is 0 Å². The van der Waals surface area contributed by atoms with Gasteiger partial charge in [-0.25, -0.2) is 0 Å². The fourth-order valence-electron chi connectivity index (χ4n) is 3.23. The maximum Gasteiger partial charge on any atom is 0.251 e. The summed E-state index contributed by atoms with van der Waals surface area (Å²) in [5.74, 6) is 0.186. The molecule has 0 aromatic heterocycles. The maximum atomic E-state index is 12.2. The maximum absolute atomic E-state index is 12.2. The SMILES string of the molecule is CCNC1CCC(OC(C)C(=O)N2CCCC2)CC1. The summed E-state index contributed by atoms with van der Waals surface area (Å²) in [5.41, 5.74) is 0. The number of carbonyl (C=O) groups is 1. The summed E-state index contributed by atoms with van der Waals surface area (Å²) in [6.45, 7) is 6.94. The van der Waals surface area contributed by atoms with E-state index in [9.17, 15) is 4.79 Å². The van der Waals surface area contributed by atoms with E-state index in [2.05, 4.69) is 12.2 Å². The third-order valence-corrected chi connectivity index (χ3v) is 4.33. The van der Waals surface area contributed by atoms with Gasteiger partial charge in [0.05, 0.1) is 6.10 Å². The van der Waals surface area contributed by atoms with Crippen LogP contribution in [0.1, 0.15) is 52.4 Å². The lowest BCUT2D eigenvalue weighted by molar-refractivity contribution is -0.146. The van der Waals surface area contributed by atoms with E-state index in [-0.39, 0.29) is 18.1 Å². The van der Waals surface area contributed by atoms with Gasteiger partial charge in [0.25, 0.3) is 5.91 Å². The molecule has 2 fully saturated rings. The normalized spacial score (nSPS) is 29.5. The van der Waals surface area contributed by atoms with Crippen LogP contribution in [0.4, 0.5) is 0 Å². The Labute approximate surface area is 116 Å². The molecule has 2 rings (SSSR count). The van der Waals surface area contributed by atoms with Crippen molar-refractivity contribution in [2.45, 2.75) is 70.6 Å². The van der Waals surface area contributed by atoms with Crippen molar-refractivity contribution in [1.82, 2.24) is 10.2 Å². The molecule has 0 spiro atoms. The van der Waals surface area contributed by atoms with Crippen LogP contribution in [-0.4, -0.2) is 48.7 Å². The second-order valence-corrected chi connectivity index (χ2v) is 5.84. The van der Waals surface area contributed by atoms with E-state index < -0.39 is 0 Å². The first-order valence-electron chi connectivity index (χ1n) is 7.88. The first-order valence-corrected chi connectivity index (χ1v) is 7.88. The Morgan fingerprint density at radius 2 is 1.89 bits per heavy atom. The van der Waals surface area contributed by atoms with Crippen molar-refractivity contribution in [2.24, 2.45) is 0 Å². The standard InChI is InChI=1S/C15H28N2O2/c1-3-16-13-6-8-14(9-7-13)19-12(2)15(18)17-10-4-5-11-17/h12-14,16H,3-11H2,1-2H3. The zero-order chi connectivity index (χ0) is 13.7. The van der Waals surface area contributed by atoms with Crippen LogP contribution in [0, 0.1) is 0 Å². The van der Waals surface area contributed by atoms with Crippen LogP contribution in [0.5, 0.6) is 0 Å². The van der Waals surface area contributed by atoms with E-state index in [4.69, 9.17) is 4.74 Å². The van der Waals surface area contributed by atoms with Gasteiger partial charge in [-0.3, -0.25) is 4.79 Å². The van der Waals surface area contributed by atoms with Crippen molar-refractivity contribution in [3.8, 4) is 0 Å². The first-order chi connectivity index (χ1) is 9.20. The minimum absolute atomic E-state index is 0.186. The average molecular weight is 268 g/mol. The van der Waals surface area contributed by atoms with Gasteiger partial charge in [-0.1, -0.05) is 6.92 Å². The number of nitrogens with zero attached hydrogens (tertiary/aromatic N) is 1. The fourth-order valence-corrected chi connectivity index (χ4v) is 3.23. The number of likely N-dealkylation sites (tertiary alicyclic amines) is 1. The van der Waals surface area contributed by atoms with E-state index in [1.165, 1.54) is 12.8 Å². The van der Waals surface area contributed by atoms with Gasteiger partial charge >= 0.3 is 0 Å². The number of ether oxygens (including phenoxy) is 1. The van der Waals surface area contributed by atoms with Crippen LogP contribution in [0.25, 0.3) is 0 Å². The Morgan fingerprint density at radius 1 is 1.26 bits per heavy atom. The lowest BCUT2D eigenvalue weighted by atomic mass is 9.93. The van der Waals surface area contributed by atoms with Gasteiger partial charge in [0, 0.05) is 19.1 Å². The first kappa shape index (κ1) is 14.8. The summed E-state index contributed by atoms with van der Waals surface area (Å²) in [4.78, 5) is 14.1. The van der Waals surface area contributed by atoms with Crippen molar-refractivity contribution < 1.29 is 9.53 Å². The van der Waals surface area contributed by atoms with Gasteiger partial charge in [-0.15, -0.1) is 0 Å². The minimum atomic E-state index is -0.265. The summed E-state index contributed by atoms with van der Waals surface area (Å²) in [5, 5.41) is 3.50. The molecule has 1 aliphatic heterocycles. The zero-order valence-corrected chi connectivity index (χ0v) is 12.4. The number of hydrogen-bond acceptors (Lipinski definition) is 3. The highest BCUT2D eigenvalue weighted by atomic mass is 16.5. The topological polar surface area (TPSA) is 41.6 Å². The van der Waals surface area contributed by atoms with E-state index in [1.807, 2.05) is 11.8 Å². The molecule has 4 nitrogen and oxygen atoms in total. The lowest BCUT2D eigenvalue weighted by Gasteiger charge is -2.31. The molecule has 1 N–H and O–H groups in total. The Morgan fingerprint density at radius 3 is 2.47 bits per heavy atom. The molecule has 1 saturated heterocycles. The molecule has 1 amide bonds. The average Bonchev–Trinajstić information content (AvgIpc) is 2.94. The van der Waals surface area contributed by atoms with Gasteiger partial charge in [-0.05, 0) is 52.0 Å². The zero-order valence-electron chi connectivity index (χ0n) is 12.4. The Balaban J connectivity index is 1.71. The Kier molecular flexibility index (Phi) is 5.64. The molecule has 1 saturated carbocycles. The lowest BCUT2D eigenvalue weighted by Crippen LogP contribution is -2.41. The van der Waals surface area contributed by atoms with Gasteiger partial charge in [0.1, 0.15) is 6.10 Å². The minimum Gasteiger partial charge on any atom is -0.365 e. The van der Waals surface area contributed by atoms with Crippen LogP contribution >= 0.6 is 0 Å². The number of amides is 1. The molecule has 0 aromatic rings.